The van der Waals surface area contributed by atoms with Gasteiger partial charge in [0.2, 0.25) is 0 Å². The van der Waals surface area contributed by atoms with E-state index in [4.69, 9.17) is 0 Å². The second-order valence-electron chi connectivity index (χ2n) is 7.17. The fourth-order valence-corrected chi connectivity index (χ4v) is 4.28. The molecular weight excluding hydrogens is 260 g/mol. The molecule has 2 bridgehead atoms. The number of rotatable bonds is 4. The molecule has 5 heteroatoms. The fourth-order valence-electron chi connectivity index (χ4n) is 3.14. The third-order valence-corrected chi connectivity index (χ3v) is 7.30. The molecule has 2 heterocycles. The fraction of sp³-hybridized carbons (Fsp3) is 1.00. The van der Waals surface area contributed by atoms with Crippen molar-refractivity contribution < 1.29 is 8.42 Å². The SMILES string of the molecule is CN(CCS(=O)(=O)C(C)(C)C)C1CC2CCC(C1)N2. The first-order valence-electron chi connectivity index (χ1n) is 7.37. The van der Waals surface area contributed by atoms with Crippen molar-refractivity contribution in [2.45, 2.75) is 69.3 Å². The first-order chi connectivity index (χ1) is 8.69. The molecule has 0 spiro atoms. The van der Waals surface area contributed by atoms with E-state index in [2.05, 4.69) is 17.3 Å². The molecule has 0 aliphatic carbocycles. The molecule has 0 amide bonds. The standard InChI is InChI=1S/C14H28N2O2S/c1-14(2,3)19(17,18)8-7-16(4)13-9-11-5-6-12(10-13)15-11/h11-13,15H,5-10H2,1-4H3. The van der Waals surface area contributed by atoms with Crippen molar-refractivity contribution in [2.24, 2.45) is 0 Å². The molecule has 0 saturated carbocycles. The molecule has 112 valence electrons. The normalized spacial score (nSPS) is 31.9. The van der Waals surface area contributed by atoms with Gasteiger partial charge in [0.05, 0.1) is 10.5 Å². The van der Waals surface area contributed by atoms with E-state index in [1.807, 2.05) is 0 Å². The summed E-state index contributed by atoms with van der Waals surface area (Å²) >= 11 is 0. The van der Waals surface area contributed by atoms with Gasteiger partial charge >= 0.3 is 0 Å². The Kier molecular flexibility index (Phi) is 4.29. The van der Waals surface area contributed by atoms with Crippen molar-refractivity contribution in [1.82, 2.24) is 10.2 Å². The van der Waals surface area contributed by atoms with Gasteiger partial charge in [0.15, 0.2) is 9.84 Å². The molecule has 1 N–H and O–H groups in total. The van der Waals surface area contributed by atoms with Crippen LogP contribution in [0, 0.1) is 0 Å². The summed E-state index contributed by atoms with van der Waals surface area (Å²) in [6.07, 6.45) is 4.91. The van der Waals surface area contributed by atoms with Crippen LogP contribution in [0.2, 0.25) is 0 Å². The molecule has 2 atom stereocenters. The molecular formula is C14H28N2O2S. The number of nitrogens with one attached hydrogen (secondary N) is 1. The van der Waals surface area contributed by atoms with Crippen molar-refractivity contribution in [2.75, 3.05) is 19.3 Å². The molecule has 2 aliphatic rings. The minimum Gasteiger partial charge on any atom is -0.311 e. The first-order valence-corrected chi connectivity index (χ1v) is 9.03. The van der Waals surface area contributed by atoms with Crippen molar-refractivity contribution in [3.05, 3.63) is 0 Å². The lowest BCUT2D eigenvalue weighted by Crippen LogP contribution is -2.48. The van der Waals surface area contributed by atoms with Crippen molar-refractivity contribution >= 4 is 9.84 Å². The highest BCUT2D eigenvalue weighted by atomic mass is 32.2. The quantitative estimate of drug-likeness (QED) is 0.850. The Balaban J connectivity index is 1.87. The Bertz CT molecular complexity index is 402. The molecule has 0 aromatic rings. The molecule has 2 saturated heterocycles. The summed E-state index contributed by atoms with van der Waals surface area (Å²) in [4.78, 5) is 2.26. The summed E-state index contributed by atoms with van der Waals surface area (Å²) in [5.74, 6) is 0.270. The zero-order valence-electron chi connectivity index (χ0n) is 12.6. The van der Waals surface area contributed by atoms with E-state index in [0.29, 0.717) is 24.7 Å². The molecule has 0 aromatic carbocycles. The van der Waals surface area contributed by atoms with E-state index in [9.17, 15) is 8.42 Å². The minimum atomic E-state index is -3.00. The van der Waals surface area contributed by atoms with Crippen LogP contribution >= 0.6 is 0 Å². The van der Waals surface area contributed by atoms with Gasteiger partial charge in [-0.2, -0.15) is 0 Å². The monoisotopic (exact) mass is 288 g/mol. The second kappa shape index (κ2) is 5.34. The number of fused-ring (bicyclic) bond motifs is 2. The lowest BCUT2D eigenvalue weighted by Gasteiger charge is -2.36. The van der Waals surface area contributed by atoms with Crippen LogP contribution in [0.5, 0.6) is 0 Å². The van der Waals surface area contributed by atoms with Crippen LogP contribution in [0.15, 0.2) is 0 Å². The molecule has 0 radical (unpaired) electrons. The zero-order valence-corrected chi connectivity index (χ0v) is 13.5. The van der Waals surface area contributed by atoms with Crippen LogP contribution in [0.1, 0.15) is 46.5 Å². The molecule has 4 nitrogen and oxygen atoms in total. The van der Waals surface area contributed by atoms with Crippen molar-refractivity contribution in [3.63, 3.8) is 0 Å². The predicted molar refractivity (Wildman–Crippen MR) is 79.1 cm³/mol. The molecule has 2 aliphatic heterocycles. The molecule has 2 fully saturated rings. The van der Waals surface area contributed by atoms with Crippen LogP contribution < -0.4 is 5.32 Å². The van der Waals surface area contributed by atoms with E-state index in [1.54, 1.807) is 20.8 Å². The largest absolute Gasteiger partial charge is 0.311 e. The number of sulfone groups is 1. The lowest BCUT2D eigenvalue weighted by atomic mass is 9.99. The van der Waals surface area contributed by atoms with Crippen molar-refractivity contribution in [1.29, 1.82) is 0 Å². The maximum Gasteiger partial charge on any atom is 0.156 e. The summed E-state index contributed by atoms with van der Waals surface area (Å²) in [5, 5.41) is 3.63. The average Bonchev–Trinajstić information content (AvgIpc) is 2.63. The minimum absolute atomic E-state index is 0.270. The third kappa shape index (κ3) is 3.50. The van der Waals surface area contributed by atoms with Gasteiger partial charge in [-0.15, -0.1) is 0 Å². The summed E-state index contributed by atoms with van der Waals surface area (Å²) in [7, 11) is -0.923. The smallest absolute Gasteiger partial charge is 0.156 e. The summed E-state index contributed by atoms with van der Waals surface area (Å²) in [6, 6.07) is 1.87. The van der Waals surface area contributed by atoms with Crippen LogP contribution in [-0.2, 0) is 9.84 Å². The van der Waals surface area contributed by atoms with Gasteiger partial charge in [0, 0.05) is 24.7 Å². The highest BCUT2D eigenvalue weighted by molar-refractivity contribution is 7.92. The second-order valence-corrected chi connectivity index (χ2v) is 10.0. The first kappa shape index (κ1) is 15.3. The number of hydrogen-bond donors (Lipinski definition) is 1. The van der Waals surface area contributed by atoms with Crippen LogP contribution in [0.4, 0.5) is 0 Å². The number of hydrogen-bond acceptors (Lipinski definition) is 4. The van der Waals surface area contributed by atoms with Gasteiger partial charge in [0.1, 0.15) is 0 Å². The van der Waals surface area contributed by atoms with Gasteiger partial charge in [-0.3, -0.25) is 0 Å². The van der Waals surface area contributed by atoms with Gasteiger partial charge in [0.25, 0.3) is 0 Å². The summed E-state index contributed by atoms with van der Waals surface area (Å²) in [5.41, 5.74) is 0. The van der Waals surface area contributed by atoms with Gasteiger partial charge in [-0.1, -0.05) is 0 Å². The van der Waals surface area contributed by atoms with E-state index in [0.717, 1.165) is 0 Å². The van der Waals surface area contributed by atoms with Crippen LogP contribution in [0.3, 0.4) is 0 Å². The Morgan fingerprint density at radius 3 is 2.16 bits per heavy atom. The van der Waals surface area contributed by atoms with E-state index < -0.39 is 14.6 Å². The Hall–Kier alpha value is -0.130. The lowest BCUT2D eigenvalue weighted by molar-refractivity contribution is 0.180. The Morgan fingerprint density at radius 1 is 1.16 bits per heavy atom. The molecule has 0 aromatic heterocycles. The van der Waals surface area contributed by atoms with Crippen LogP contribution in [-0.4, -0.2) is 55.5 Å². The van der Waals surface area contributed by atoms with E-state index >= 15 is 0 Å². The zero-order chi connectivity index (χ0) is 14.3. The van der Waals surface area contributed by atoms with Gasteiger partial charge < -0.3 is 10.2 Å². The maximum atomic E-state index is 12.1. The predicted octanol–water partition coefficient (Wildman–Crippen LogP) is 1.41. The summed E-state index contributed by atoms with van der Waals surface area (Å²) < 4.78 is 23.6. The molecule has 19 heavy (non-hydrogen) atoms. The molecule has 2 unspecified atom stereocenters. The maximum absolute atomic E-state index is 12.1. The van der Waals surface area contributed by atoms with E-state index in [1.165, 1.54) is 25.7 Å². The molecule has 2 rings (SSSR count). The number of nitrogens with zero attached hydrogens (tertiary/aromatic N) is 1. The topological polar surface area (TPSA) is 49.4 Å². The Morgan fingerprint density at radius 2 is 1.68 bits per heavy atom. The van der Waals surface area contributed by atoms with Gasteiger partial charge in [-0.05, 0) is 53.5 Å². The van der Waals surface area contributed by atoms with Crippen LogP contribution in [0.25, 0.3) is 0 Å². The number of piperidine rings is 1. The highest BCUT2D eigenvalue weighted by Crippen LogP contribution is 2.29. The average molecular weight is 288 g/mol. The summed E-state index contributed by atoms with van der Waals surface area (Å²) in [6.45, 7) is 6.01. The van der Waals surface area contributed by atoms with Crippen molar-refractivity contribution in [3.8, 4) is 0 Å². The third-order valence-electron chi connectivity index (χ3n) is 4.72. The Labute approximate surface area is 117 Å². The highest BCUT2D eigenvalue weighted by Gasteiger charge is 2.36. The van der Waals surface area contributed by atoms with Gasteiger partial charge in [-0.25, -0.2) is 8.42 Å². The van der Waals surface area contributed by atoms with E-state index in [-0.39, 0.29) is 5.75 Å².